The van der Waals surface area contributed by atoms with Crippen LogP contribution in [0.3, 0.4) is 0 Å². The summed E-state index contributed by atoms with van der Waals surface area (Å²) in [4.78, 5) is 13.7. The first-order chi connectivity index (χ1) is 9.95. The lowest BCUT2D eigenvalue weighted by molar-refractivity contribution is -0.134. The molecule has 2 rings (SSSR count). The summed E-state index contributed by atoms with van der Waals surface area (Å²) in [6.45, 7) is 8.36. The molecule has 0 saturated carbocycles. The van der Waals surface area contributed by atoms with Crippen LogP contribution in [-0.2, 0) is 4.79 Å². The van der Waals surface area contributed by atoms with Crippen LogP contribution in [0.1, 0.15) is 40.5 Å². The Labute approximate surface area is 127 Å². The standard InChI is InChI=1S/C17H26N2O2/c1-6-12-11(4)9-13-15(18-5)17(7-2,8-3)10-14(16(20)21)19(12)13/h6,9-11,15,18H,7-8H2,1-5H3,(H,20,21)/b12-6+/t11?,15-/m1/s1. The highest BCUT2D eigenvalue weighted by Gasteiger charge is 2.47. The van der Waals surface area contributed by atoms with Crippen LogP contribution in [0.2, 0.25) is 0 Å². The predicted octanol–water partition coefficient (Wildman–Crippen LogP) is 3.10. The molecule has 0 aromatic carbocycles. The summed E-state index contributed by atoms with van der Waals surface area (Å²) >= 11 is 0. The molecule has 0 radical (unpaired) electrons. The molecule has 116 valence electrons. The van der Waals surface area contributed by atoms with Crippen molar-refractivity contribution in [3.05, 3.63) is 35.3 Å². The number of nitrogens with zero attached hydrogens (tertiary/aromatic N) is 1. The van der Waals surface area contributed by atoms with Gasteiger partial charge in [0.15, 0.2) is 0 Å². The third-order valence-corrected chi connectivity index (χ3v) is 5.06. The summed E-state index contributed by atoms with van der Waals surface area (Å²) in [6.07, 6.45) is 8.01. The van der Waals surface area contributed by atoms with Gasteiger partial charge in [-0.3, -0.25) is 0 Å². The average molecular weight is 290 g/mol. The first kappa shape index (κ1) is 15.8. The SMILES string of the molecule is C/C=C1\C(C)C=C2[C@@H](NC)C(CC)(CC)C=C(C(=O)O)N21. The fraction of sp³-hybridized carbons (Fsp3) is 0.588. The predicted molar refractivity (Wildman–Crippen MR) is 84.4 cm³/mol. The third kappa shape index (κ3) is 2.22. The molecule has 0 spiro atoms. The van der Waals surface area contributed by atoms with E-state index in [1.54, 1.807) is 0 Å². The highest BCUT2D eigenvalue weighted by molar-refractivity contribution is 5.88. The summed E-state index contributed by atoms with van der Waals surface area (Å²) < 4.78 is 0. The molecule has 2 atom stereocenters. The van der Waals surface area contributed by atoms with Gasteiger partial charge in [-0.05, 0) is 32.9 Å². The van der Waals surface area contributed by atoms with E-state index in [-0.39, 0.29) is 17.4 Å². The van der Waals surface area contributed by atoms with Crippen molar-refractivity contribution in [2.24, 2.45) is 11.3 Å². The number of carbonyl (C=O) groups is 1. The third-order valence-electron chi connectivity index (χ3n) is 5.06. The van der Waals surface area contributed by atoms with Crippen LogP contribution < -0.4 is 5.32 Å². The van der Waals surface area contributed by atoms with Crippen molar-refractivity contribution < 1.29 is 9.90 Å². The van der Waals surface area contributed by atoms with Gasteiger partial charge in [-0.1, -0.05) is 32.9 Å². The molecule has 0 aromatic rings. The summed E-state index contributed by atoms with van der Waals surface area (Å²) in [5.74, 6) is -0.608. The lowest BCUT2D eigenvalue weighted by atomic mass is 9.71. The Balaban J connectivity index is 2.68. The Morgan fingerprint density at radius 3 is 2.52 bits per heavy atom. The van der Waals surface area contributed by atoms with E-state index in [0.29, 0.717) is 5.70 Å². The molecule has 0 amide bonds. The van der Waals surface area contributed by atoms with Gasteiger partial charge in [-0.15, -0.1) is 0 Å². The van der Waals surface area contributed by atoms with Crippen molar-refractivity contribution in [1.82, 2.24) is 10.2 Å². The van der Waals surface area contributed by atoms with Crippen LogP contribution in [0.25, 0.3) is 0 Å². The van der Waals surface area contributed by atoms with Crippen LogP contribution in [0, 0.1) is 11.3 Å². The lowest BCUT2D eigenvalue weighted by Gasteiger charge is -2.46. The summed E-state index contributed by atoms with van der Waals surface area (Å²) in [5, 5.41) is 13.1. The molecule has 2 N–H and O–H groups in total. The van der Waals surface area contributed by atoms with Crippen molar-refractivity contribution in [1.29, 1.82) is 0 Å². The second-order valence-electron chi connectivity index (χ2n) is 5.93. The quantitative estimate of drug-likeness (QED) is 0.835. The Hall–Kier alpha value is -1.55. The van der Waals surface area contributed by atoms with Crippen molar-refractivity contribution >= 4 is 5.97 Å². The normalized spacial score (nSPS) is 29.2. The largest absolute Gasteiger partial charge is 0.477 e. The highest BCUT2D eigenvalue weighted by Crippen LogP contribution is 2.48. The van der Waals surface area contributed by atoms with E-state index in [1.165, 1.54) is 0 Å². The molecular formula is C17H26N2O2. The first-order valence-corrected chi connectivity index (χ1v) is 7.77. The molecular weight excluding hydrogens is 264 g/mol. The number of likely N-dealkylation sites (N-methyl/N-ethyl adjacent to an activating group) is 1. The number of hydrogen-bond donors (Lipinski definition) is 2. The molecule has 0 fully saturated rings. The zero-order chi connectivity index (χ0) is 15.8. The minimum Gasteiger partial charge on any atom is -0.477 e. The number of rotatable bonds is 4. The molecule has 2 aliphatic heterocycles. The molecule has 0 aliphatic carbocycles. The molecule has 0 bridgehead atoms. The molecule has 4 heteroatoms. The van der Waals surface area contributed by atoms with Crippen molar-refractivity contribution in [2.75, 3.05) is 7.05 Å². The number of aliphatic carboxylic acids is 1. The molecule has 4 nitrogen and oxygen atoms in total. The molecule has 21 heavy (non-hydrogen) atoms. The molecule has 2 heterocycles. The maximum atomic E-state index is 11.8. The average Bonchev–Trinajstić information content (AvgIpc) is 2.80. The molecule has 0 aromatic heterocycles. The lowest BCUT2D eigenvalue weighted by Crippen LogP contribution is -2.51. The number of allylic oxidation sites excluding steroid dienone is 2. The van der Waals surface area contributed by atoms with Crippen LogP contribution >= 0.6 is 0 Å². The Bertz CT molecular complexity index is 527. The van der Waals surface area contributed by atoms with Gasteiger partial charge in [-0.25, -0.2) is 4.79 Å². The zero-order valence-electron chi connectivity index (χ0n) is 13.6. The van der Waals surface area contributed by atoms with Gasteiger partial charge in [0.25, 0.3) is 0 Å². The van der Waals surface area contributed by atoms with E-state index >= 15 is 0 Å². The minimum atomic E-state index is -0.852. The van der Waals surface area contributed by atoms with Gasteiger partial charge in [0, 0.05) is 22.7 Å². The zero-order valence-corrected chi connectivity index (χ0v) is 13.6. The fourth-order valence-corrected chi connectivity index (χ4v) is 3.83. The van der Waals surface area contributed by atoms with Gasteiger partial charge in [0.2, 0.25) is 0 Å². The van der Waals surface area contributed by atoms with Gasteiger partial charge in [0.05, 0.1) is 6.04 Å². The summed E-state index contributed by atoms with van der Waals surface area (Å²) in [6, 6.07) is 0.149. The highest BCUT2D eigenvalue weighted by atomic mass is 16.4. The second kappa shape index (κ2) is 5.68. The monoisotopic (exact) mass is 290 g/mol. The van der Waals surface area contributed by atoms with Crippen LogP contribution in [0.5, 0.6) is 0 Å². The van der Waals surface area contributed by atoms with Crippen molar-refractivity contribution in [3.8, 4) is 0 Å². The second-order valence-corrected chi connectivity index (χ2v) is 5.93. The van der Waals surface area contributed by atoms with Crippen molar-refractivity contribution in [3.63, 3.8) is 0 Å². The number of hydrogen-bond acceptors (Lipinski definition) is 3. The summed E-state index contributed by atoms with van der Waals surface area (Å²) in [5.41, 5.74) is 2.39. The molecule has 0 saturated heterocycles. The number of carboxylic acids is 1. The smallest absolute Gasteiger partial charge is 0.352 e. The van der Waals surface area contributed by atoms with E-state index < -0.39 is 5.97 Å². The van der Waals surface area contributed by atoms with Crippen molar-refractivity contribution in [2.45, 2.75) is 46.6 Å². The first-order valence-electron chi connectivity index (χ1n) is 7.77. The van der Waals surface area contributed by atoms with E-state index in [9.17, 15) is 9.90 Å². The molecule has 2 aliphatic rings. The Morgan fingerprint density at radius 1 is 1.48 bits per heavy atom. The van der Waals surface area contributed by atoms with Crippen LogP contribution in [0.15, 0.2) is 35.3 Å². The van der Waals surface area contributed by atoms with Gasteiger partial charge in [-0.2, -0.15) is 0 Å². The van der Waals surface area contributed by atoms with Gasteiger partial charge >= 0.3 is 5.97 Å². The number of carboxylic acid groups (broad SMARTS) is 1. The van der Waals surface area contributed by atoms with E-state index in [0.717, 1.165) is 24.2 Å². The molecule has 1 unspecified atom stereocenters. The number of nitrogens with one attached hydrogen (secondary N) is 1. The van der Waals surface area contributed by atoms with Crippen LogP contribution in [-0.4, -0.2) is 29.1 Å². The maximum Gasteiger partial charge on any atom is 0.352 e. The fourth-order valence-electron chi connectivity index (χ4n) is 3.83. The Kier molecular flexibility index (Phi) is 4.28. The maximum absolute atomic E-state index is 11.8. The van der Waals surface area contributed by atoms with E-state index in [2.05, 4.69) is 32.2 Å². The van der Waals surface area contributed by atoms with Gasteiger partial charge < -0.3 is 15.3 Å². The minimum absolute atomic E-state index is 0.145. The van der Waals surface area contributed by atoms with E-state index in [1.807, 2.05) is 31.0 Å². The van der Waals surface area contributed by atoms with Crippen LogP contribution in [0.4, 0.5) is 0 Å². The van der Waals surface area contributed by atoms with E-state index in [4.69, 9.17) is 0 Å². The van der Waals surface area contributed by atoms with Gasteiger partial charge in [0.1, 0.15) is 5.70 Å². The topological polar surface area (TPSA) is 52.6 Å². The Morgan fingerprint density at radius 2 is 2.10 bits per heavy atom. The number of fused-ring (bicyclic) bond motifs is 1. The summed E-state index contributed by atoms with van der Waals surface area (Å²) in [7, 11) is 1.96.